The number of hydrogen-bond acceptors (Lipinski definition) is 3. The predicted molar refractivity (Wildman–Crippen MR) is 68.9 cm³/mol. The van der Waals surface area contributed by atoms with Crippen LogP contribution >= 0.6 is 12.4 Å². The monoisotopic (exact) mass is 264 g/mol. The average Bonchev–Trinajstić information content (AvgIpc) is 2.18. The third kappa shape index (κ3) is 5.58. The van der Waals surface area contributed by atoms with Crippen LogP contribution in [-0.2, 0) is 9.59 Å². The Morgan fingerprint density at radius 1 is 1.18 bits per heavy atom. The minimum Gasteiger partial charge on any atom is -0.478 e. The van der Waals surface area contributed by atoms with Gasteiger partial charge in [0.05, 0.1) is 5.57 Å². The zero-order chi connectivity index (χ0) is 12.7. The van der Waals surface area contributed by atoms with Crippen LogP contribution in [0.2, 0.25) is 0 Å². The molecule has 0 heterocycles. The summed E-state index contributed by atoms with van der Waals surface area (Å²) in [5, 5.41) is 11.7. The Kier molecular flexibility index (Phi) is 9.47. The highest BCUT2D eigenvalue weighted by atomic mass is 35.5. The Hall–Kier alpha value is -1.23. The maximum atomic E-state index is 11.1. The van der Waals surface area contributed by atoms with Crippen molar-refractivity contribution in [3.63, 3.8) is 0 Å². The second-order valence-electron chi connectivity index (χ2n) is 3.34. The lowest BCUT2D eigenvalue weighted by molar-refractivity contribution is -0.133. The second-order valence-corrected chi connectivity index (χ2v) is 3.34. The van der Waals surface area contributed by atoms with E-state index < -0.39 is 5.97 Å². The average molecular weight is 265 g/mol. The largest absolute Gasteiger partial charge is 0.478 e. The van der Waals surface area contributed by atoms with Gasteiger partial charge in [0.15, 0.2) is 0 Å². The molecule has 6 heteroatoms. The lowest BCUT2D eigenvalue weighted by Gasteiger charge is -2.26. The van der Waals surface area contributed by atoms with Gasteiger partial charge in [0.2, 0.25) is 5.91 Å². The zero-order valence-corrected chi connectivity index (χ0v) is 11.6. The number of nitrogens with zero attached hydrogens (tertiary/aromatic N) is 1. The molecule has 17 heavy (non-hydrogen) atoms. The first-order valence-corrected chi connectivity index (χ1v) is 5.46. The van der Waals surface area contributed by atoms with Crippen molar-refractivity contribution < 1.29 is 14.7 Å². The number of aliphatic carboxylic acids is 1. The quantitative estimate of drug-likeness (QED) is 0.715. The van der Waals surface area contributed by atoms with E-state index in [2.05, 4.69) is 5.32 Å². The van der Waals surface area contributed by atoms with E-state index in [1.165, 1.54) is 6.92 Å². The van der Waals surface area contributed by atoms with Gasteiger partial charge in [-0.1, -0.05) is 6.92 Å². The van der Waals surface area contributed by atoms with Gasteiger partial charge in [-0.05, 0) is 20.3 Å². The SMILES string of the molecule is CCC(C(=O)O)=C(NC(C)=O)N(CC)CC.Cl. The fourth-order valence-electron chi connectivity index (χ4n) is 1.47. The predicted octanol–water partition coefficient (Wildman–Crippen LogP) is 1.59. The summed E-state index contributed by atoms with van der Waals surface area (Å²) < 4.78 is 0. The Bertz CT molecular complexity index is 299. The number of nitrogens with one attached hydrogen (secondary N) is 1. The van der Waals surface area contributed by atoms with Gasteiger partial charge in [0.1, 0.15) is 5.82 Å². The fraction of sp³-hybridized carbons (Fsp3) is 0.636. The molecule has 0 aliphatic carbocycles. The zero-order valence-electron chi connectivity index (χ0n) is 10.7. The molecule has 0 rings (SSSR count). The molecular weight excluding hydrogens is 244 g/mol. The summed E-state index contributed by atoms with van der Waals surface area (Å²) in [5.41, 5.74) is 0.235. The Balaban J connectivity index is 0. The molecule has 5 nitrogen and oxygen atoms in total. The molecule has 0 aliphatic heterocycles. The van der Waals surface area contributed by atoms with Crippen LogP contribution in [-0.4, -0.2) is 35.0 Å². The molecule has 100 valence electrons. The molecular formula is C11H21ClN2O3. The van der Waals surface area contributed by atoms with E-state index in [-0.39, 0.29) is 23.9 Å². The highest BCUT2D eigenvalue weighted by Gasteiger charge is 2.17. The van der Waals surface area contributed by atoms with Gasteiger partial charge < -0.3 is 15.3 Å². The number of carboxylic acids is 1. The van der Waals surface area contributed by atoms with Crippen LogP contribution in [0, 0.1) is 0 Å². The molecule has 0 atom stereocenters. The summed E-state index contributed by atoms with van der Waals surface area (Å²) in [6.45, 7) is 8.28. The van der Waals surface area contributed by atoms with Gasteiger partial charge in [0.25, 0.3) is 0 Å². The van der Waals surface area contributed by atoms with E-state index in [0.29, 0.717) is 25.3 Å². The second kappa shape index (κ2) is 8.87. The van der Waals surface area contributed by atoms with Crippen molar-refractivity contribution in [3.05, 3.63) is 11.4 Å². The summed E-state index contributed by atoms with van der Waals surface area (Å²) >= 11 is 0. The number of amides is 1. The van der Waals surface area contributed by atoms with Crippen LogP contribution in [0.4, 0.5) is 0 Å². The van der Waals surface area contributed by atoms with Gasteiger partial charge in [-0.2, -0.15) is 0 Å². The van der Waals surface area contributed by atoms with Crippen LogP contribution in [0.25, 0.3) is 0 Å². The first kappa shape index (κ1) is 18.1. The van der Waals surface area contributed by atoms with Crippen molar-refractivity contribution >= 4 is 24.3 Å². The molecule has 0 fully saturated rings. The lowest BCUT2D eigenvalue weighted by atomic mass is 10.2. The van der Waals surface area contributed by atoms with E-state index in [4.69, 9.17) is 5.11 Å². The summed E-state index contributed by atoms with van der Waals surface area (Å²) in [7, 11) is 0. The van der Waals surface area contributed by atoms with E-state index in [9.17, 15) is 9.59 Å². The molecule has 0 aromatic heterocycles. The van der Waals surface area contributed by atoms with Crippen LogP contribution in [0.1, 0.15) is 34.1 Å². The summed E-state index contributed by atoms with van der Waals surface area (Å²) in [4.78, 5) is 24.0. The maximum absolute atomic E-state index is 11.1. The molecule has 0 aromatic carbocycles. The molecule has 0 aliphatic rings. The first-order chi connectivity index (χ1) is 7.47. The van der Waals surface area contributed by atoms with Crippen molar-refractivity contribution in [1.82, 2.24) is 10.2 Å². The molecule has 0 saturated heterocycles. The van der Waals surface area contributed by atoms with Crippen molar-refractivity contribution in [2.75, 3.05) is 13.1 Å². The third-order valence-corrected chi connectivity index (χ3v) is 2.27. The molecule has 0 aromatic rings. The molecule has 0 saturated carbocycles. The highest BCUT2D eigenvalue weighted by molar-refractivity contribution is 5.88. The smallest absolute Gasteiger partial charge is 0.335 e. The molecule has 1 amide bonds. The van der Waals surface area contributed by atoms with Crippen molar-refractivity contribution in [3.8, 4) is 0 Å². The normalized spacial score (nSPS) is 11.1. The number of carbonyl (C=O) groups excluding carboxylic acids is 1. The van der Waals surface area contributed by atoms with Crippen LogP contribution in [0.15, 0.2) is 11.4 Å². The summed E-state index contributed by atoms with van der Waals surface area (Å²) in [5.74, 6) is -0.834. The first-order valence-electron chi connectivity index (χ1n) is 5.46. The highest BCUT2D eigenvalue weighted by Crippen LogP contribution is 2.11. The minimum absolute atomic E-state index is 0. The van der Waals surface area contributed by atoms with E-state index >= 15 is 0 Å². The van der Waals surface area contributed by atoms with Crippen molar-refractivity contribution in [2.45, 2.75) is 34.1 Å². The standard InChI is InChI=1S/C11H20N2O3.ClH/c1-5-9(11(15)16)10(12-8(4)14)13(6-2)7-3;/h5-7H2,1-4H3,(H,12,14)(H,15,16);1H. The van der Waals surface area contributed by atoms with Gasteiger partial charge in [-0.15, -0.1) is 12.4 Å². The third-order valence-electron chi connectivity index (χ3n) is 2.27. The molecule has 0 unspecified atom stereocenters. The van der Waals surface area contributed by atoms with Gasteiger partial charge >= 0.3 is 5.97 Å². The van der Waals surface area contributed by atoms with Crippen LogP contribution in [0.5, 0.6) is 0 Å². The lowest BCUT2D eigenvalue weighted by Crippen LogP contribution is -2.36. The number of rotatable bonds is 6. The Morgan fingerprint density at radius 3 is 1.88 bits per heavy atom. The molecule has 0 radical (unpaired) electrons. The van der Waals surface area contributed by atoms with E-state index in [1.807, 2.05) is 18.7 Å². The number of carbonyl (C=O) groups is 2. The summed E-state index contributed by atoms with van der Waals surface area (Å²) in [6.07, 6.45) is 0.376. The van der Waals surface area contributed by atoms with Crippen LogP contribution < -0.4 is 5.32 Å². The van der Waals surface area contributed by atoms with Crippen molar-refractivity contribution in [2.24, 2.45) is 0 Å². The minimum atomic E-state index is -0.988. The Morgan fingerprint density at radius 2 is 1.65 bits per heavy atom. The van der Waals surface area contributed by atoms with E-state index in [1.54, 1.807) is 6.92 Å². The van der Waals surface area contributed by atoms with E-state index in [0.717, 1.165) is 0 Å². The maximum Gasteiger partial charge on any atom is 0.335 e. The van der Waals surface area contributed by atoms with Crippen molar-refractivity contribution in [1.29, 1.82) is 0 Å². The van der Waals surface area contributed by atoms with Gasteiger partial charge in [-0.25, -0.2) is 4.79 Å². The number of carboxylic acid groups (broad SMARTS) is 1. The number of halogens is 1. The number of hydrogen-bond donors (Lipinski definition) is 2. The van der Waals surface area contributed by atoms with Crippen LogP contribution in [0.3, 0.4) is 0 Å². The molecule has 0 bridgehead atoms. The topological polar surface area (TPSA) is 69.6 Å². The molecule has 2 N–H and O–H groups in total. The molecule has 0 spiro atoms. The summed E-state index contributed by atoms with van der Waals surface area (Å²) in [6, 6.07) is 0. The Labute approximate surface area is 108 Å². The van der Waals surface area contributed by atoms with Gasteiger partial charge in [0, 0.05) is 20.0 Å². The fourth-order valence-corrected chi connectivity index (χ4v) is 1.47. The van der Waals surface area contributed by atoms with Gasteiger partial charge in [-0.3, -0.25) is 4.79 Å².